The van der Waals surface area contributed by atoms with Gasteiger partial charge in [-0.25, -0.2) is 8.42 Å². The average molecular weight is 312 g/mol. The summed E-state index contributed by atoms with van der Waals surface area (Å²) in [4.78, 5) is 0.224. The molecule has 20 heavy (non-hydrogen) atoms. The Balaban J connectivity index is 2.26. The van der Waals surface area contributed by atoms with E-state index in [9.17, 15) is 13.5 Å². The molecule has 0 aromatic heterocycles. The lowest BCUT2D eigenvalue weighted by Crippen LogP contribution is -2.06. The molecule has 2 aromatic carbocycles. The number of phenolic OH excluding ortho intramolecular Hbond substituents is 1. The van der Waals surface area contributed by atoms with Crippen LogP contribution in [0.2, 0.25) is 5.02 Å². The lowest BCUT2D eigenvalue weighted by Gasteiger charge is -2.11. The van der Waals surface area contributed by atoms with Gasteiger partial charge in [-0.2, -0.15) is 0 Å². The van der Waals surface area contributed by atoms with E-state index in [0.29, 0.717) is 16.3 Å². The predicted molar refractivity (Wildman–Crippen MR) is 80.0 cm³/mol. The number of anilines is 1. The first-order valence-electron chi connectivity index (χ1n) is 5.88. The van der Waals surface area contributed by atoms with Gasteiger partial charge in [0.2, 0.25) is 0 Å². The van der Waals surface area contributed by atoms with Gasteiger partial charge in [0, 0.05) is 23.4 Å². The molecule has 0 aliphatic heterocycles. The minimum absolute atomic E-state index is 0.110. The topological polar surface area (TPSA) is 66.4 Å². The summed E-state index contributed by atoms with van der Waals surface area (Å²) in [6.07, 6.45) is 1.16. The molecule has 0 saturated heterocycles. The van der Waals surface area contributed by atoms with Gasteiger partial charge in [0.1, 0.15) is 5.75 Å². The van der Waals surface area contributed by atoms with E-state index in [2.05, 4.69) is 5.32 Å². The van der Waals surface area contributed by atoms with Gasteiger partial charge in [-0.05, 0) is 30.3 Å². The van der Waals surface area contributed by atoms with E-state index in [0.717, 1.165) is 6.26 Å². The second-order valence-electron chi connectivity index (χ2n) is 4.39. The molecule has 0 amide bonds. The number of para-hydroxylation sites is 1. The fourth-order valence-electron chi connectivity index (χ4n) is 1.82. The molecule has 2 aromatic rings. The van der Waals surface area contributed by atoms with E-state index < -0.39 is 9.84 Å². The molecular formula is C14H14ClNO3S. The molecule has 2 N–H and O–H groups in total. The molecule has 6 heteroatoms. The maximum atomic E-state index is 11.7. The van der Waals surface area contributed by atoms with Crippen LogP contribution >= 0.6 is 11.6 Å². The largest absolute Gasteiger partial charge is 0.508 e. The third-order valence-corrected chi connectivity index (χ3v) is 4.19. The smallest absolute Gasteiger partial charge is 0.177 e. The number of sulfone groups is 1. The first-order chi connectivity index (χ1) is 9.38. The van der Waals surface area contributed by atoms with Crippen LogP contribution in [-0.2, 0) is 16.4 Å². The lowest BCUT2D eigenvalue weighted by atomic mass is 10.2. The normalized spacial score (nSPS) is 11.3. The van der Waals surface area contributed by atoms with Gasteiger partial charge >= 0.3 is 0 Å². The molecule has 0 spiro atoms. The molecule has 0 saturated carbocycles. The molecule has 0 atom stereocenters. The van der Waals surface area contributed by atoms with Crippen molar-refractivity contribution in [3.8, 4) is 5.75 Å². The van der Waals surface area contributed by atoms with Gasteiger partial charge in [0.25, 0.3) is 0 Å². The zero-order valence-corrected chi connectivity index (χ0v) is 12.4. The number of aromatic hydroxyl groups is 1. The summed E-state index contributed by atoms with van der Waals surface area (Å²) in [6.45, 7) is 0.277. The van der Waals surface area contributed by atoms with Crippen LogP contribution in [0.1, 0.15) is 5.56 Å². The van der Waals surface area contributed by atoms with E-state index >= 15 is 0 Å². The monoisotopic (exact) mass is 311 g/mol. The quantitative estimate of drug-likeness (QED) is 0.910. The Labute approximate surface area is 122 Å². The molecule has 106 valence electrons. The summed E-state index contributed by atoms with van der Waals surface area (Å²) in [5, 5.41) is 13.2. The summed E-state index contributed by atoms with van der Waals surface area (Å²) < 4.78 is 23.4. The van der Waals surface area contributed by atoms with Crippen molar-refractivity contribution >= 4 is 27.1 Å². The zero-order chi connectivity index (χ0) is 14.8. The van der Waals surface area contributed by atoms with Gasteiger partial charge in [-0.15, -0.1) is 0 Å². The van der Waals surface area contributed by atoms with Crippen LogP contribution in [0, 0.1) is 0 Å². The molecular weight excluding hydrogens is 298 g/mol. The standard InChI is InChI=1S/C14H14ClNO3S/c1-20(18,19)14-5-3-2-4-12(14)16-9-10-8-11(15)6-7-13(10)17/h2-8,16-17H,9H2,1H3. The summed E-state index contributed by atoms with van der Waals surface area (Å²) in [7, 11) is -3.31. The second-order valence-corrected chi connectivity index (χ2v) is 6.82. The maximum absolute atomic E-state index is 11.7. The molecule has 0 bridgehead atoms. The molecule has 0 fully saturated rings. The third-order valence-electron chi connectivity index (χ3n) is 2.80. The summed E-state index contributed by atoms with van der Waals surface area (Å²) in [6, 6.07) is 11.3. The summed E-state index contributed by atoms with van der Waals surface area (Å²) >= 11 is 5.87. The van der Waals surface area contributed by atoms with Crippen molar-refractivity contribution in [1.82, 2.24) is 0 Å². The molecule has 0 aliphatic rings. The van der Waals surface area contributed by atoms with Crippen molar-refractivity contribution in [2.45, 2.75) is 11.4 Å². The number of phenols is 1. The van der Waals surface area contributed by atoms with Crippen LogP contribution in [0.25, 0.3) is 0 Å². The molecule has 2 rings (SSSR count). The zero-order valence-electron chi connectivity index (χ0n) is 10.8. The summed E-state index contributed by atoms with van der Waals surface area (Å²) in [5.41, 5.74) is 1.09. The van der Waals surface area contributed by atoms with Gasteiger partial charge in [-0.3, -0.25) is 0 Å². The van der Waals surface area contributed by atoms with Crippen molar-refractivity contribution in [3.63, 3.8) is 0 Å². The van der Waals surface area contributed by atoms with Crippen molar-refractivity contribution in [3.05, 3.63) is 53.1 Å². The fraction of sp³-hybridized carbons (Fsp3) is 0.143. The minimum atomic E-state index is -3.31. The van der Waals surface area contributed by atoms with Crippen molar-refractivity contribution < 1.29 is 13.5 Å². The number of benzene rings is 2. The van der Waals surface area contributed by atoms with Crippen molar-refractivity contribution in [2.75, 3.05) is 11.6 Å². The Morgan fingerprint density at radius 1 is 1.20 bits per heavy atom. The molecule has 0 radical (unpaired) electrons. The van der Waals surface area contributed by atoms with Crippen LogP contribution in [-0.4, -0.2) is 19.8 Å². The highest BCUT2D eigenvalue weighted by Gasteiger charge is 2.12. The Kier molecular flexibility index (Phi) is 4.20. The predicted octanol–water partition coefficient (Wildman–Crippen LogP) is 3.06. The van der Waals surface area contributed by atoms with Gasteiger partial charge < -0.3 is 10.4 Å². The first-order valence-corrected chi connectivity index (χ1v) is 8.15. The van der Waals surface area contributed by atoms with E-state index in [1.807, 2.05) is 0 Å². The average Bonchev–Trinajstić information content (AvgIpc) is 2.39. The molecule has 0 heterocycles. The molecule has 0 aliphatic carbocycles. The number of rotatable bonds is 4. The van der Waals surface area contributed by atoms with E-state index in [-0.39, 0.29) is 17.2 Å². The fourth-order valence-corrected chi connectivity index (χ4v) is 2.88. The number of hydrogen-bond donors (Lipinski definition) is 2. The Morgan fingerprint density at radius 3 is 2.60 bits per heavy atom. The molecule has 4 nitrogen and oxygen atoms in total. The first kappa shape index (κ1) is 14.7. The Hall–Kier alpha value is -1.72. The van der Waals surface area contributed by atoms with E-state index in [1.165, 1.54) is 12.1 Å². The van der Waals surface area contributed by atoms with Crippen LogP contribution in [0.5, 0.6) is 5.75 Å². The van der Waals surface area contributed by atoms with Gasteiger partial charge in [0.05, 0.1) is 10.6 Å². The van der Waals surface area contributed by atoms with E-state index in [1.54, 1.807) is 30.3 Å². The highest BCUT2D eigenvalue weighted by atomic mass is 35.5. The highest BCUT2D eigenvalue weighted by molar-refractivity contribution is 7.90. The number of nitrogens with one attached hydrogen (secondary N) is 1. The third kappa shape index (κ3) is 3.43. The van der Waals surface area contributed by atoms with Crippen molar-refractivity contribution in [2.24, 2.45) is 0 Å². The van der Waals surface area contributed by atoms with E-state index in [4.69, 9.17) is 11.6 Å². The Morgan fingerprint density at radius 2 is 1.90 bits per heavy atom. The van der Waals surface area contributed by atoms with Gasteiger partial charge in [-0.1, -0.05) is 23.7 Å². The number of halogens is 1. The molecule has 0 unspecified atom stereocenters. The van der Waals surface area contributed by atoms with Gasteiger partial charge in [0.15, 0.2) is 9.84 Å². The number of hydrogen-bond acceptors (Lipinski definition) is 4. The van der Waals surface area contributed by atoms with Crippen LogP contribution in [0.15, 0.2) is 47.4 Å². The van der Waals surface area contributed by atoms with Crippen LogP contribution < -0.4 is 5.32 Å². The van der Waals surface area contributed by atoms with Crippen LogP contribution in [0.4, 0.5) is 5.69 Å². The minimum Gasteiger partial charge on any atom is -0.508 e. The SMILES string of the molecule is CS(=O)(=O)c1ccccc1NCc1cc(Cl)ccc1O. The van der Waals surface area contributed by atoms with Crippen molar-refractivity contribution in [1.29, 1.82) is 0 Å². The summed E-state index contributed by atoms with van der Waals surface area (Å²) in [5.74, 6) is 0.110. The highest BCUT2D eigenvalue weighted by Crippen LogP contribution is 2.25. The Bertz CT molecular complexity index is 729. The van der Waals surface area contributed by atoms with Crippen LogP contribution in [0.3, 0.4) is 0 Å². The maximum Gasteiger partial charge on any atom is 0.177 e. The second kappa shape index (κ2) is 5.73. The lowest BCUT2D eigenvalue weighted by molar-refractivity contribution is 0.469.